The third-order valence-corrected chi connectivity index (χ3v) is 4.47. The summed E-state index contributed by atoms with van der Waals surface area (Å²) in [5.41, 5.74) is 1.36. The molecule has 3 aromatic rings. The van der Waals surface area contributed by atoms with Crippen LogP contribution in [0.15, 0.2) is 47.1 Å². The fourth-order valence-electron chi connectivity index (χ4n) is 2.64. The summed E-state index contributed by atoms with van der Waals surface area (Å²) in [6.07, 6.45) is -3.42. The van der Waals surface area contributed by atoms with E-state index in [0.29, 0.717) is 22.0 Å². The van der Waals surface area contributed by atoms with Crippen LogP contribution in [0.2, 0.25) is 5.02 Å². The van der Waals surface area contributed by atoms with E-state index < -0.39 is 18.7 Å². The molecular formula is C21H19ClF3N3O3. The van der Waals surface area contributed by atoms with E-state index in [2.05, 4.69) is 15.5 Å². The maximum atomic E-state index is 12.6. The van der Waals surface area contributed by atoms with Crippen molar-refractivity contribution >= 4 is 17.5 Å². The Morgan fingerprint density at radius 1 is 1.23 bits per heavy atom. The zero-order valence-electron chi connectivity index (χ0n) is 16.7. The smallest absolute Gasteiger partial charge is 0.422 e. The first-order valence-electron chi connectivity index (χ1n) is 9.31. The Hall–Kier alpha value is -3.07. The van der Waals surface area contributed by atoms with Gasteiger partial charge in [0.05, 0.1) is 12.7 Å². The molecule has 164 valence electrons. The minimum atomic E-state index is -4.51. The van der Waals surface area contributed by atoms with Crippen molar-refractivity contribution in [1.29, 1.82) is 0 Å². The Labute approximate surface area is 181 Å². The predicted octanol–water partition coefficient (Wildman–Crippen LogP) is 5.38. The number of amides is 1. The first kappa shape index (κ1) is 22.6. The molecule has 0 atom stereocenters. The molecule has 0 bridgehead atoms. The summed E-state index contributed by atoms with van der Waals surface area (Å²) in [7, 11) is 0. The normalized spacial score (nSPS) is 11.6. The summed E-state index contributed by atoms with van der Waals surface area (Å²) in [6.45, 7) is 2.53. The molecule has 0 saturated carbocycles. The molecule has 1 N–H and O–H groups in total. The number of alkyl halides is 3. The summed E-state index contributed by atoms with van der Waals surface area (Å²) < 4.78 is 47.9. The number of hydrogen-bond acceptors (Lipinski definition) is 5. The van der Waals surface area contributed by atoms with E-state index in [1.54, 1.807) is 30.3 Å². The largest absolute Gasteiger partial charge is 0.482 e. The third kappa shape index (κ3) is 6.21. The van der Waals surface area contributed by atoms with Gasteiger partial charge in [0.1, 0.15) is 22.9 Å². The van der Waals surface area contributed by atoms with Crippen molar-refractivity contribution in [1.82, 2.24) is 15.5 Å². The van der Waals surface area contributed by atoms with Gasteiger partial charge >= 0.3 is 6.18 Å². The Morgan fingerprint density at radius 2 is 1.94 bits per heavy atom. The van der Waals surface area contributed by atoms with Gasteiger partial charge in [-0.2, -0.15) is 13.2 Å². The zero-order chi connectivity index (χ0) is 22.6. The molecule has 3 rings (SSSR count). The molecule has 1 amide bonds. The second kappa shape index (κ2) is 9.38. The fraction of sp³-hybridized carbons (Fsp3) is 0.286. The quantitative estimate of drug-likeness (QED) is 0.519. The first-order valence-corrected chi connectivity index (χ1v) is 9.69. The van der Waals surface area contributed by atoms with Gasteiger partial charge in [-0.25, -0.2) is 4.98 Å². The van der Waals surface area contributed by atoms with Gasteiger partial charge < -0.3 is 14.6 Å². The van der Waals surface area contributed by atoms with E-state index in [4.69, 9.17) is 20.9 Å². The van der Waals surface area contributed by atoms with Gasteiger partial charge in [-0.05, 0) is 23.8 Å². The standard InChI is InChI=1S/C21H19ClF3N3O3/c1-12(2)18-7-15(28-31-18)9-27-20(29)17-8-16(13-3-5-14(22)6-4-13)19(10-26-17)30-11-21(23,24)25/h3-8,10,12H,9,11H2,1-2H3,(H,27,29). The van der Waals surface area contributed by atoms with E-state index in [9.17, 15) is 18.0 Å². The second-order valence-electron chi connectivity index (χ2n) is 7.03. The van der Waals surface area contributed by atoms with Gasteiger partial charge in [0.15, 0.2) is 6.61 Å². The third-order valence-electron chi connectivity index (χ3n) is 4.22. The second-order valence-corrected chi connectivity index (χ2v) is 7.47. The molecule has 31 heavy (non-hydrogen) atoms. The van der Waals surface area contributed by atoms with Crippen LogP contribution < -0.4 is 10.1 Å². The number of hydrogen-bond donors (Lipinski definition) is 1. The van der Waals surface area contributed by atoms with Gasteiger partial charge in [0, 0.05) is 22.6 Å². The number of carbonyl (C=O) groups is 1. The molecule has 1 aromatic carbocycles. The topological polar surface area (TPSA) is 77.2 Å². The number of halogens is 4. The molecule has 0 unspecified atom stereocenters. The molecule has 0 fully saturated rings. The average Bonchev–Trinajstić information content (AvgIpc) is 3.20. The zero-order valence-corrected chi connectivity index (χ0v) is 17.4. The van der Waals surface area contributed by atoms with Crippen LogP contribution in [-0.4, -0.2) is 28.8 Å². The molecule has 6 nitrogen and oxygen atoms in total. The van der Waals surface area contributed by atoms with Crippen molar-refractivity contribution in [3.63, 3.8) is 0 Å². The van der Waals surface area contributed by atoms with E-state index in [1.807, 2.05) is 13.8 Å². The van der Waals surface area contributed by atoms with Crippen molar-refractivity contribution in [3.8, 4) is 16.9 Å². The summed E-state index contributed by atoms with van der Waals surface area (Å²) in [4.78, 5) is 16.5. The molecule has 0 spiro atoms. The molecule has 0 radical (unpaired) electrons. The minimum Gasteiger partial charge on any atom is -0.482 e. The molecule has 0 aliphatic rings. The fourth-order valence-corrected chi connectivity index (χ4v) is 2.77. The molecule has 2 aromatic heterocycles. The van der Waals surface area contributed by atoms with Crippen molar-refractivity contribution in [2.75, 3.05) is 6.61 Å². The Morgan fingerprint density at radius 3 is 2.55 bits per heavy atom. The molecule has 2 heterocycles. The highest BCUT2D eigenvalue weighted by Gasteiger charge is 2.29. The highest BCUT2D eigenvalue weighted by Crippen LogP contribution is 2.32. The van der Waals surface area contributed by atoms with Crippen LogP contribution in [0, 0.1) is 0 Å². The van der Waals surface area contributed by atoms with Crippen LogP contribution in [0.4, 0.5) is 13.2 Å². The Bertz CT molecular complexity index is 1050. The van der Waals surface area contributed by atoms with E-state index >= 15 is 0 Å². The maximum Gasteiger partial charge on any atom is 0.422 e. The lowest BCUT2D eigenvalue weighted by Gasteiger charge is -2.14. The number of aromatic nitrogens is 2. The molecule has 0 aliphatic heterocycles. The minimum absolute atomic E-state index is 0.0110. The van der Waals surface area contributed by atoms with Crippen molar-refractivity contribution in [2.45, 2.75) is 32.5 Å². The lowest BCUT2D eigenvalue weighted by Crippen LogP contribution is -2.24. The summed E-state index contributed by atoms with van der Waals surface area (Å²) >= 11 is 5.89. The number of pyridine rings is 1. The van der Waals surface area contributed by atoms with Gasteiger partial charge in [0.2, 0.25) is 0 Å². The number of rotatable bonds is 7. The maximum absolute atomic E-state index is 12.6. The van der Waals surface area contributed by atoms with Crippen LogP contribution in [0.25, 0.3) is 11.1 Å². The van der Waals surface area contributed by atoms with Crippen LogP contribution in [0.3, 0.4) is 0 Å². The number of nitrogens with one attached hydrogen (secondary N) is 1. The van der Waals surface area contributed by atoms with Crippen molar-refractivity contribution in [3.05, 3.63) is 64.8 Å². The average molecular weight is 454 g/mol. The number of ether oxygens (including phenoxy) is 1. The Balaban J connectivity index is 1.81. The lowest BCUT2D eigenvalue weighted by molar-refractivity contribution is -0.153. The number of benzene rings is 1. The van der Waals surface area contributed by atoms with E-state index in [0.717, 1.165) is 6.20 Å². The van der Waals surface area contributed by atoms with Gasteiger partial charge in [-0.1, -0.05) is 42.7 Å². The number of nitrogens with zero attached hydrogens (tertiary/aromatic N) is 2. The summed E-state index contributed by atoms with van der Waals surface area (Å²) in [5.74, 6) is 0.226. The highest BCUT2D eigenvalue weighted by atomic mass is 35.5. The van der Waals surface area contributed by atoms with Crippen LogP contribution in [-0.2, 0) is 6.54 Å². The van der Waals surface area contributed by atoms with Gasteiger partial charge in [0.25, 0.3) is 5.91 Å². The molecule has 10 heteroatoms. The van der Waals surface area contributed by atoms with Crippen LogP contribution in [0.1, 0.15) is 41.7 Å². The van der Waals surface area contributed by atoms with E-state index in [1.165, 1.54) is 6.07 Å². The van der Waals surface area contributed by atoms with Crippen LogP contribution in [0.5, 0.6) is 5.75 Å². The SMILES string of the molecule is CC(C)c1cc(CNC(=O)c2cc(-c3ccc(Cl)cc3)c(OCC(F)(F)F)cn2)no1. The van der Waals surface area contributed by atoms with Crippen LogP contribution >= 0.6 is 11.6 Å². The van der Waals surface area contributed by atoms with Crippen molar-refractivity contribution < 1.29 is 27.2 Å². The number of carbonyl (C=O) groups excluding carboxylic acids is 1. The monoisotopic (exact) mass is 453 g/mol. The predicted molar refractivity (Wildman–Crippen MR) is 108 cm³/mol. The molecule has 0 aliphatic carbocycles. The summed E-state index contributed by atoms with van der Waals surface area (Å²) in [6, 6.07) is 9.51. The van der Waals surface area contributed by atoms with Gasteiger partial charge in [-0.3, -0.25) is 4.79 Å². The van der Waals surface area contributed by atoms with Crippen molar-refractivity contribution in [2.24, 2.45) is 0 Å². The molecule has 0 saturated heterocycles. The molecular weight excluding hydrogens is 435 g/mol. The summed E-state index contributed by atoms with van der Waals surface area (Å²) in [5, 5.41) is 7.01. The van der Waals surface area contributed by atoms with E-state index in [-0.39, 0.29) is 29.5 Å². The highest BCUT2D eigenvalue weighted by molar-refractivity contribution is 6.30. The lowest BCUT2D eigenvalue weighted by atomic mass is 10.0. The first-order chi connectivity index (χ1) is 14.6. The van der Waals surface area contributed by atoms with Gasteiger partial charge in [-0.15, -0.1) is 0 Å². The Kier molecular flexibility index (Phi) is 6.84.